The molecule has 8 unspecified atom stereocenters. The van der Waals surface area contributed by atoms with Crippen molar-refractivity contribution in [3.63, 3.8) is 0 Å². The molecule has 1 heterocycles. The maximum atomic E-state index is 10.6. The molecule has 1 saturated heterocycles. The molecule has 0 bridgehead atoms. The van der Waals surface area contributed by atoms with E-state index in [1.54, 1.807) is 0 Å². The Morgan fingerprint density at radius 1 is 0.920 bits per heavy atom. The van der Waals surface area contributed by atoms with Gasteiger partial charge in [0.25, 0.3) is 0 Å². The molecule has 0 aromatic carbocycles. The maximum absolute atomic E-state index is 10.6. The van der Waals surface area contributed by atoms with Crippen molar-refractivity contribution in [2.75, 3.05) is 20.2 Å². The molecule has 8 atom stereocenters. The molecule has 0 aromatic heterocycles. The minimum absolute atomic E-state index is 0.0425. The fourth-order valence-corrected chi connectivity index (χ4v) is 8.35. The second kappa shape index (κ2) is 5.45. The van der Waals surface area contributed by atoms with Gasteiger partial charge in [0.1, 0.15) is 5.72 Å². The third-order valence-electron chi connectivity index (χ3n) is 10.1. The summed E-state index contributed by atoms with van der Waals surface area (Å²) in [6.45, 7) is 7.06. The summed E-state index contributed by atoms with van der Waals surface area (Å²) in [6, 6.07) is 0. The minimum Gasteiger partial charge on any atom is -0.393 e. The number of aliphatic hydroxyl groups excluding tert-OH is 1. The second-order valence-corrected chi connectivity index (χ2v) is 10.7. The number of likely N-dealkylation sites (N-methyl/N-ethyl adjacent to an activating group) is 1. The van der Waals surface area contributed by atoms with E-state index in [1.165, 1.54) is 51.4 Å². The van der Waals surface area contributed by atoms with Crippen molar-refractivity contribution >= 4 is 0 Å². The zero-order chi connectivity index (χ0) is 17.4. The molecule has 5 fully saturated rings. The highest BCUT2D eigenvalue weighted by Gasteiger charge is 2.62. The summed E-state index contributed by atoms with van der Waals surface area (Å²) in [4.78, 5) is 2.50. The van der Waals surface area contributed by atoms with Gasteiger partial charge >= 0.3 is 0 Å². The van der Waals surface area contributed by atoms with Crippen molar-refractivity contribution in [3.05, 3.63) is 0 Å². The summed E-state index contributed by atoms with van der Waals surface area (Å²) in [5, 5.41) is 10.6. The first-order valence-electron chi connectivity index (χ1n) is 10.9. The summed E-state index contributed by atoms with van der Waals surface area (Å²) < 4.78 is 6.32. The maximum Gasteiger partial charge on any atom is 0.121 e. The van der Waals surface area contributed by atoms with E-state index in [-0.39, 0.29) is 17.2 Å². The van der Waals surface area contributed by atoms with Gasteiger partial charge in [-0.3, -0.25) is 4.90 Å². The molecule has 3 heteroatoms. The molecule has 4 aliphatic carbocycles. The Balaban J connectivity index is 1.41. The van der Waals surface area contributed by atoms with Crippen LogP contribution in [0.2, 0.25) is 0 Å². The van der Waals surface area contributed by atoms with E-state index in [0.29, 0.717) is 5.41 Å². The van der Waals surface area contributed by atoms with Crippen molar-refractivity contribution < 1.29 is 9.84 Å². The molecule has 0 aromatic rings. The lowest BCUT2D eigenvalue weighted by molar-refractivity contribution is -0.185. The summed E-state index contributed by atoms with van der Waals surface area (Å²) in [7, 11) is 2.27. The summed E-state index contributed by atoms with van der Waals surface area (Å²) in [5.41, 5.74) is 0.786. The van der Waals surface area contributed by atoms with Crippen LogP contribution >= 0.6 is 0 Å². The lowest BCUT2D eigenvalue weighted by Crippen LogP contribution is -2.58. The largest absolute Gasteiger partial charge is 0.393 e. The number of nitrogens with zero attached hydrogens (tertiary/aromatic N) is 1. The smallest absolute Gasteiger partial charge is 0.121 e. The molecule has 1 spiro atoms. The average Bonchev–Trinajstić information content (AvgIpc) is 3.09. The third-order valence-corrected chi connectivity index (χ3v) is 10.1. The van der Waals surface area contributed by atoms with Gasteiger partial charge in [-0.15, -0.1) is 0 Å². The van der Waals surface area contributed by atoms with Crippen molar-refractivity contribution in [2.24, 2.45) is 34.5 Å². The fourth-order valence-electron chi connectivity index (χ4n) is 8.35. The highest BCUT2D eigenvalue weighted by atomic mass is 16.5. The minimum atomic E-state index is -0.0425. The first-order chi connectivity index (χ1) is 11.9. The van der Waals surface area contributed by atoms with Crippen LogP contribution in [0.4, 0.5) is 0 Å². The Labute approximate surface area is 153 Å². The normalized spacial score (nSPS) is 58.8. The fraction of sp³-hybridized carbons (Fsp3) is 1.00. The van der Waals surface area contributed by atoms with Gasteiger partial charge in [-0.1, -0.05) is 13.8 Å². The molecule has 4 saturated carbocycles. The lowest BCUT2D eigenvalue weighted by atomic mass is 9.44. The van der Waals surface area contributed by atoms with Crippen LogP contribution in [0.15, 0.2) is 0 Å². The lowest BCUT2D eigenvalue weighted by Gasteiger charge is -2.62. The van der Waals surface area contributed by atoms with Crippen LogP contribution in [0.1, 0.15) is 71.6 Å². The first-order valence-corrected chi connectivity index (χ1v) is 10.9. The highest BCUT2D eigenvalue weighted by molar-refractivity contribution is 5.11. The zero-order valence-electron chi connectivity index (χ0n) is 16.5. The molecule has 0 radical (unpaired) electrons. The van der Waals surface area contributed by atoms with E-state index < -0.39 is 0 Å². The van der Waals surface area contributed by atoms with Gasteiger partial charge in [-0.05, 0) is 99.3 Å². The summed E-state index contributed by atoms with van der Waals surface area (Å²) >= 11 is 0. The van der Waals surface area contributed by atoms with Crippen LogP contribution in [-0.2, 0) is 4.74 Å². The van der Waals surface area contributed by atoms with Crippen molar-refractivity contribution in [1.82, 2.24) is 4.90 Å². The Morgan fingerprint density at radius 2 is 1.72 bits per heavy atom. The van der Waals surface area contributed by atoms with E-state index in [2.05, 4.69) is 25.8 Å². The van der Waals surface area contributed by atoms with E-state index in [1.807, 2.05) is 0 Å². The van der Waals surface area contributed by atoms with Gasteiger partial charge in [-0.2, -0.15) is 0 Å². The van der Waals surface area contributed by atoms with E-state index in [9.17, 15) is 5.11 Å². The Kier molecular flexibility index (Phi) is 3.71. The Bertz CT molecular complexity index is 552. The SMILES string of the molecule is CN1CCOC12CCC1(C)C(CCC3C4CCC(O)C4(C)CCC31)C2. The Morgan fingerprint density at radius 3 is 2.48 bits per heavy atom. The number of hydrogen-bond donors (Lipinski definition) is 1. The van der Waals surface area contributed by atoms with Gasteiger partial charge in [0.2, 0.25) is 0 Å². The van der Waals surface area contributed by atoms with E-state index >= 15 is 0 Å². The topological polar surface area (TPSA) is 32.7 Å². The molecule has 1 aliphatic heterocycles. The molecule has 1 N–H and O–H groups in total. The molecule has 5 aliphatic rings. The standard InChI is InChI=1S/C22H37NO2/c1-20-10-11-22(23(3)12-13-25-22)14-15(20)4-5-16-17-6-7-19(24)21(17,2)9-8-18(16)20/h15-19,24H,4-14H2,1-3H3. The molecular formula is C22H37NO2. The van der Waals surface area contributed by atoms with Crippen LogP contribution in [0, 0.1) is 34.5 Å². The van der Waals surface area contributed by atoms with Crippen LogP contribution in [0.3, 0.4) is 0 Å². The molecule has 0 amide bonds. The van der Waals surface area contributed by atoms with Gasteiger partial charge in [-0.25, -0.2) is 0 Å². The molecule has 3 nitrogen and oxygen atoms in total. The van der Waals surface area contributed by atoms with Gasteiger partial charge in [0.05, 0.1) is 12.7 Å². The average molecular weight is 348 g/mol. The summed E-state index contributed by atoms with van der Waals surface area (Å²) in [5.74, 6) is 3.37. The van der Waals surface area contributed by atoms with Crippen molar-refractivity contribution in [1.29, 1.82) is 0 Å². The van der Waals surface area contributed by atoms with E-state index in [0.717, 1.165) is 43.2 Å². The number of hydrogen-bond acceptors (Lipinski definition) is 3. The first kappa shape index (κ1) is 17.0. The van der Waals surface area contributed by atoms with Gasteiger partial charge < -0.3 is 9.84 Å². The quantitative estimate of drug-likeness (QED) is 0.717. The predicted molar refractivity (Wildman–Crippen MR) is 99.0 cm³/mol. The van der Waals surface area contributed by atoms with Crippen LogP contribution in [0.25, 0.3) is 0 Å². The monoisotopic (exact) mass is 347 g/mol. The van der Waals surface area contributed by atoms with Crippen LogP contribution < -0.4 is 0 Å². The zero-order valence-corrected chi connectivity index (χ0v) is 16.5. The van der Waals surface area contributed by atoms with Gasteiger partial charge in [0.15, 0.2) is 0 Å². The molecule has 142 valence electrons. The van der Waals surface area contributed by atoms with Gasteiger partial charge in [0, 0.05) is 6.54 Å². The summed E-state index contributed by atoms with van der Waals surface area (Å²) in [6.07, 6.45) is 11.5. The number of aliphatic hydroxyl groups is 1. The number of ether oxygens (including phenoxy) is 1. The third kappa shape index (κ3) is 2.15. The van der Waals surface area contributed by atoms with Crippen molar-refractivity contribution in [2.45, 2.75) is 83.5 Å². The van der Waals surface area contributed by atoms with Crippen LogP contribution in [-0.4, -0.2) is 42.0 Å². The second-order valence-electron chi connectivity index (χ2n) is 10.7. The van der Waals surface area contributed by atoms with Crippen LogP contribution in [0.5, 0.6) is 0 Å². The number of rotatable bonds is 0. The molecule has 5 rings (SSSR count). The number of fused-ring (bicyclic) bond motifs is 5. The highest BCUT2D eigenvalue weighted by Crippen LogP contribution is 2.67. The predicted octanol–water partition coefficient (Wildman–Crippen LogP) is 4.05. The Hall–Kier alpha value is -0.120. The molecule has 25 heavy (non-hydrogen) atoms. The molecular weight excluding hydrogens is 310 g/mol. The van der Waals surface area contributed by atoms with E-state index in [4.69, 9.17) is 4.74 Å². The van der Waals surface area contributed by atoms with Crippen molar-refractivity contribution in [3.8, 4) is 0 Å².